The number of fused-ring (bicyclic) bond motifs is 1. The van der Waals surface area contributed by atoms with Crippen LogP contribution in [0.1, 0.15) is 21.7 Å². The van der Waals surface area contributed by atoms with Gasteiger partial charge in [0.2, 0.25) is 5.71 Å². The summed E-state index contributed by atoms with van der Waals surface area (Å²) in [5, 5.41) is 6.70. The van der Waals surface area contributed by atoms with Crippen molar-refractivity contribution in [2.24, 2.45) is 0 Å². The summed E-state index contributed by atoms with van der Waals surface area (Å²) < 4.78 is 5.39. The Labute approximate surface area is 118 Å². The van der Waals surface area contributed by atoms with Crippen LogP contribution in [-0.4, -0.2) is 38.0 Å². The van der Waals surface area contributed by atoms with Crippen molar-refractivity contribution in [3.63, 3.8) is 0 Å². The molecule has 0 spiro atoms. The average molecular weight is 287 g/mol. The first-order valence-electron chi connectivity index (χ1n) is 6.28. The maximum Gasteiger partial charge on any atom is 0.262 e. The van der Waals surface area contributed by atoms with E-state index in [1.54, 1.807) is 26.4 Å². The van der Waals surface area contributed by atoms with Crippen LogP contribution < -0.4 is 5.56 Å². The fourth-order valence-electron chi connectivity index (χ4n) is 2.21. The summed E-state index contributed by atoms with van der Waals surface area (Å²) in [6.45, 7) is 2.01. The number of furan rings is 1. The van der Waals surface area contributed by atoms with E-state index in [0.29, 0.717) is 12.3 Å². The van der Waals surface area contributed by atoms with E-state index in [-0.39, 0.29) is 22.6 Å². The lowest BCUT2D eigenvalue weighted by Gasteiger charge is -2.15. The van der Waals surface area contributed by atoms with E-state index < -0.39 is 5.56 Å². The molecule has 0 aliphatic heterocycles. The minimum absolute atomic E-state index is 0.163. The van der Waals surface area contributed by atoms with Gasteiger partial charge in [0.1, 0.15) is 11.1 Å². The number of nitrogens with one attached hydrogen (secondary N) is 2. The molecule has 0 saturated carbocycles. The molecule has 0 saturated heterocycles. The van der Waals surface area contributed by atoms with E-state index in [9.17, 15) is 9.59 Å². The Morgan fingerprint density at radius 2 is 2.29 bits per heavy atom. The number of carbonyl (C=O) groups excluding carboxylic acids is 1. The Bertz CT molecular complexity index is 846. The quantitative estimate of drug-likeness (QED) is 0.741. The monoisotopic (exact) mass is 287 g/mol. The van der Waals surface area contributed by atoms with Crippen LogP contribution in [0.5, 0.6) is 0 Å². The Morgan fingerprint density at radius 3 is 3.00 bits per heavy atom. The van der Waals surface area contributed by atoms with Gasteiger partial charge >= 0.3 is 0 Å². The predicted octanol–water partition coefficient (Wildman–Crippen LogP) is 0.820. The molecule has 21 heavy (non-hydrogen) atoms. The maximum absolute atomic E-state index is 12.6. The van der Waals surface area contributed by atoms with Crippen molar-refractivity contribution in [2.75, 3.05) is 7.05 Å². The molecule has 2 N–H and O–H groups in total. The average Bonchev–Trinajstić information content (AvgIpc) is 3.05. The number of aromatic nitrogens is 4. The smallest absolute Gasteiger partial charge is 0.262 e. The number of carbonyl (C=O) groups is 1. The van der Waals surface area contributed by atoms with Crippen LogP contribution in [0.25, 0.3) is 11.1 Å². The van der Waals surface area contributed by atoms with E-state index >= 15 is 0 Å². The van der Waals surface area contributed by atoms with Crippen LogP contribution in [0.3, 0.4) is 0 Å². The predicted molar refractivity (Wildman–Crippen MR) is 73.8 cm³/mol. The molecule has 3 rings (SSSR count). The maximum atomic E-state index is 12.6. The summed E-state index contributed by atoms with van der Waals surface area (Å²) in [4.78, 5) is 32.4. The number of rotatable bonds is 3. The van der Waals surface area contributed by atoms with Crippen LogP contribution in [-0.2, 0) is 6.54 Å². The third-order valence-corrected chi connectivity index (χ3v) is 3.21. The molecule has 0 unspecified atom stereocenters. The molecule has 3 aromatic rings. The summed E-state index contributed by atoms with van der Waals surface area (Å²) in [5.41, 5.74) is 0.877. The lowest BCUT2D eigenvalue weighted by molar-refractivity contribution is 0.0785. The Hall–Kier alpha value is -2.90. The van der Waals surface area contributed by atoms with Crippen molar-refractivity contribution in [1.82, 2.24) is 25.1 Å². The molecule has 3 aromatic heterocycles. The van der Waals surface area contributed by atoms with Gasteiger partial charge in [-0.1, -0.05) is 0 Å². The van der Waals surface area contributed by atoms with Crippen LogP contribution in [0, 0.1) is 6.92 Å². The topological polar surface area (TPSA) is 108 Å². The lowest BCUT2D eigenvalue weighted by Crippen LogP contribution is -2.27. The number of hydrogen-bond donors (Lipinski definition) is 2. The van der Waals surface area contributed by atoms with Crippen molar-refractivity contribution >= 4 is 17.0 Å². The van der Waals surface area contributed by atoms with Gasteiger partial charge in [0.25, 0.3) is 11.5 Å². The minimum Gasteiger partial charge on any atom is -0.442 e. The van der Waals surface area contributed by atoms with Gasteiger partial charge in [0, 0.05) is 25.4 Å². The lowest BCUT2D eigenvalue weighted by atomic mass is 10.1. The minimum atomic E-state index is -0.392. The number of aryl methyl sites for hydroxylation is 1. The van der Waals surface area contributed by atoms with Crippen LogP contribution in [0.2, 0.25) is 0 Å². The second-order valence-corrected chi connectivity index (χ2v) is 4.71. The molecule has 0 aliphatic rings. The highest BCUT2D eigenvalue weighted by Crippen LogP contribution is 2.22. The molecule has 0 radical (unpaired) electrons. The van der Waals surface area contributed by atoms with E-state index in [1.165, 1.54) is 11.2 Å². The number of H-pyrrole nitrogens is 2. The van der Waals surface area contributed by atoms with Gasteiger partial charge < -0.3 is 14.3 Å². The summed E-state index contributed by atoms with van der Waals surface area (Å²) in [6, 6.07) is 0. The molecule has 0 bridgehead atoms. The zero-order valence-corrected chi connectivity index (χ0v) is 11.5. The molecule has 8 nitrogen and oxygen atoms in total. The second-order valence-electron chi connectivity index (χ2n) is 4.71. The van der Waals surface area contributed by atoms with Gasteiger partial charge in [0.05, 0.1) is 18.1 Å². The standard InChI is InChI=1S/C13H13N5O3/c1-7-9(10-11(19)14-6-15-12(10)21-7)13(20)18(2)5-8-3-16-17-4-8/h3-4,6H,5H2,1-2H3,(H,16,17)(H,14,15,19). The number of hydrogen-bond acceptors (Lipinski definition) is 5. The highest BCUT2D eigenvalue weighted by Gasteiger charge is 2.24. The molecular formula is C13H13N5O3. The van der Waals surface area contributed by atoms with Crippen molar-refractivity contribution < 1.29 is 9.21 Å². The highest BCUT2D eigenvalue weighted by molar-refractivity contribution is 6.06. The molecule has 0 aliphatic carbocycles. The van der Waals surface area contributed by atoms with E-state index in [4.69, 9.17) is 4.42 Å². The Kier molecular flexibility index (Phi) is 3.05. The van der Waals surface area contributed by atoms with E-state index in [2.05, 4.69) is 20.2 Å². The van der Waals surface area contributed by atoms with Crippen LogP contribution in [0.4, 0.5) is 0 Å². The molecule has 0 fully saturated rings. The molecule has 1 amide bonds. The van der Waals surface area contributed by atoms with Gasteiger partial charge in [-0.2, -0.15) is 5.10 Å². The number of nitrogens with zero attached hydrogens (tertiary/aromatic N) is 3. The fraction of sp³-hybridized carbons (Fsp3) is 0.231. The van der Waals surface area contributed by atoms with Crippen molar-refractivity contribution in [1.29, 1.82) is 0 Å². The summed E-state index contributed by atoms with van der Waals surface area (Å²) in [6.07, 6.45) is 4.59. The Balaban J connectivity index is 2.01. The molecule has 8 heteroatoms. The zero-order valence-electron chi connectivity index (χ0n) is 11.5. The van der Waals surface area contributed by atoms with Gasteiger partial charge in [-0.05, 0) is 6.92 Å². The fourth-order valence-corrected chi connectivity index (χ4v) is 2.21. The number of aromatic amines is 2. The number of amides is 1. The molecule has 0 aromatic carbocycles. The molecule has 0 atom stereocenters. The summed E-state index contributed by atoms with van der Waals surface area (Å²) in [5.74, 6) is 0.0733. The van der Waals surface area contributed by atoms with Crippen molar-refractivity contribution in [3.8, 4) is 0 Å². The summed E-state index contributed by atoms with van der Waals surface area (Å²) in [7, 11) is 1.65. The van der Waals surface area contributed by atoms with E-state index in [1.807, 2.05) is 0 Å². The largest absolute Gasteiger partial charge is 0.442 e. The van der Waals surface area contributed by atoms with Crippen LogP contribution in [0.15, 0.2) is 27.9 Å². The van der Waals surface area contributed by atoms with Gasteiger partial charge in [-0.3, -0.25) is 14.7 Å². The first kappa shape index (κ1) is 13.1. The SMILES string of the molecule is Cc1oc2nc[nH]c(=O)c2c1C(=O)N(C)Cc1cn[nH]c1. The summed E-state index contributed by atoms with van der Waals surface area (Å²) >= 11 is 0. The van der Waals surface area contributed by atoms with Gasteiger partial charge in [-0.25, -0.2) is 4.98 Å². The molecular weight excluding hydrogens is 274 g/mol. The molecule has 3 heterocycles. The van der Waals surface area contributed by atoms with Gasteiger partial charge in [0.15, 0.2) is 0 Å². The highest BCUT2D eigenvalue weighted by atomic mass is 16.3. The third-order valence-electron chi connectivity index (χ3n) is 3.21. The second kappa shape index (κ2) is 4.89. The van der Waals surface area contributed by atoms with Gasteiger partial charge in [-0.15, -0.1) is 0 Å². The van der Waals surface area contributed by atoms with Crippen molar-refractivity contribution in [3.05, 3.63) is 46.0 Å². The zero-order chi connectivity index (χ0) is 15.0. The Morgan fingerprint density at radius 1 is 1.48 bits per heavy atom. The molecule has 108 valence electrons. The van der Waals surface area contributed by atoms with E-state index in [0.717, 1.165) is 5.56 Å². The first-order valence-corrected chi connectivity index (χ1v) is 6.28. The first-order chi connectivity index (χ1) is 10.1. The van der Waals surface area contributed by atoms with Crippen LogP contribution >= 0.6 is 0 Å². The third kappa shape index (κ3) is 2.20. The van der Waals surface area contributed by atoms with Crippen molar-refractivity contribution in [2.45, 2.75) is 13.5 Å². The normalized spacial score (nSPS) is 11.0.